The van der Waals surface area contributed by atoms with E-state index in [1.54, 1.807) is 33.3 Å². The molecule has 0 atom stereocenters. The predicted molar refractivity (Wildman–Crippen MR) is 80.9 cm³/mol. The van der Waals surface area contributed by atoms with Gasteiger partial charge in [0.15, 0.2) is 0 Å². The highest BCUT2D eigenvalue weighted by Crippen LogP contribution is 2.39. The van der Waals surface area contributed by atoms with E-state index in [0.717, 1.165) is 11.1 Å². The Morgan fingerprint density at radius 3 is 2.19 bits per heavy atom. The quantitative estimate of drug-likeness (QED) is 0.621. The number of rotatable bonds is 5. The molecule has 0 N–H and O–H groups in total. The third-order valence-corrected chi connectivity index (χ3v) is 3.07. The third kappa shape index (κ3) is 3.34. The second-order valence-corrected chi connectivity index (χ2v) is 4.39. The molecule has 0 aromatic heterocycles. The predicted octanol–water partition coefficient (Wildman–Crippen LogP) is 3.69. The number of hydrogen-bond donors (Lipinski definition) is 0. The van der Waals surface area contributed by atoms with Gasteiger partial charge in [-0.05, 0) is 29.8 Å². The summed E-state index contributed by atoms with van der Waals surface area (Å²) in [5.41, 5.74) is 1.70. The first-order chi connectivity index (χ1) is 10.2. The molecule has 4 heteroatoms. The molecule has 0 bridgehead atoms. The average molecular weight is 286 g/mol. The lowest BCUT2D eigenvalue weighted by Crippen LogP contribution is -2.05. The SMILES string of the molecule is CCC(=O)Oc1cccc(-c2c(OC)cccc2OC)c1. The zero-order valence-corrected chi connectivity index (χ0v) is 12.4. The molecule has 0 aliphatic heterocycles. The van der Waals surface area contributed by atoms with Crippen molar-refractivity contribution in [2.75, 3.05) is 14.2 Å². The Balaban J connectivity index is 2.47. The highest BCUT2D eigenvalue weighted by molar-refractivity contribution is 5.79. The highest BCUT2D eigenvalue weighted by atomic mass is 16.5. The van der Waals surface area contributed by atoms with Crippen LogP contribution in [0, 0.1) is 0 Å². The van der Waals surface area contributed by atoms with Crippen molar-refractivity contribution in [3.8, 4) is 28.4 Å². The van der Waals surface area contributed by atoms with Gasteiger partial charge >= 0.3 is 5.97 Å². The van der Waals surface area contributed by atoms with E-state index in [0.29, 0.717) is 23.7 Å². The van der Waals surface area contributed by atoms with Gasteiger partial charge in [-0.15, -0.1) is 0 Å². The van der Waals surface area contributed by atoms with Gasteiger partial charge in [0.2, 0.25) is 0 Å². The topological polar surface area (TPSA) is 44.8 Å². The van der Waals surface area contributed by atoms with Gasteiger partial charge in [-0.3, -0.25) is 4.79 Å². The van der Waals surface area contributed by atoms with Gasteiger partial charge in [-0.1, -0.05) is 25.1 Å². The number of carbonyl (C=O) groups excluding carboxylic acids is 1. The maximum Gasteiger partial charge on any atom is 0.310 e. The molecule has 0 unspecified atom stereocenters. The maximum atomic E-state index is 11.4. The summed E-state index contributed by atoms with van der Waals surface area (Å²) >= 11 is 0. The van der Waals surface area contributed by atoms with Crippen molar-refractivity contribution in [2.24, 2.45) is 0 Å². The minimum atomic E-state index is -0.265. The van der Waals surface area contributed by atoms with Crippen LogP contribution in [-0.2, 0) is 4.79 Å². The zero-order valence-electron chi connectivity index (χ0n) is 12.4. The zero-order chi connectivity index (χ0) is 15.2. The molecule has 2 rings (SSSR count). The van der Waals surface area contributed by atoms with Crippen LogP contribution in [0.3, 0.4) is 0 Å². The smallest absolute Gasteiger partial charge is 0.310 e. The summed E-state index contributed by atoms with van der Waals surface area (Å²) < 4.78 is 16.0. The van der Waals surface area contributed by atoms with Crippen LogP contribution < -0.4 is 14.2 Å². The first-order valence-corrected chi connectivity index (χ1v) is 6.71. The molecule has 0 fully saturated rings. The molecule has 0 aliphatic carbocycles. The van der Waals surface area contributed by atoms with Crippen molar-refractivity contribution < 1.29 is 19.0 Å². The monoisotopic (exact) mass is 286 g/mol. The standard InChI is InChI=1S/C17H18O4/c1-4-16(18)21-13-8-5-7-12(11-13)17-14(19-2)9-6-10-15(17)20-3/h5-11H,4H2,1-3H3. The maximum absolute atomic E-state index is 11.4. The van der Waals surface area contributed by atoms with Gasteiger partial charge in [0.05, 0.1) is 19.8 Å². The summed E-state index contributed by atoms with van der Waals surface area (Å²) in [4.78, 5) is 11.4. The Kier molecular flexibility index (Phi) is 4.82. The van der Waals surface area contributed by atoms with E-state index >= 15 is 0 Å². The highest BCUT2D eigenvalue weighted by Gasteiger charge is 2.13. The lowest BCUT2D eigenvalue weighted by Gasteiger charge is -2.14. The van der Waals surface area contributed by atoms with Gasteiger partial charge in [0.1, 0.15) is 17.2 Å². The third-order valence-electron chi connectivity index (χ3n) is 3.07. The molecule has 110 valence electrons. The Morgan fingerprint density at radius 2 is 1.62 bits per heavy atom. The van der Waals surface area contributed by atoms with Crippen LogP contribution in [0.4, 0.5) is 0 Å². The van der Waals surface area contributed by atoms with Crippen LogP contribution in [0.15, 0.2) is 42.5 Å². The normalized spacial score (nSPS) is 10.0. The van der Waals surface area contributed by atoms with Crippen LogP contribution in [0.25, 0.3) is 11.1 Å². The van der Waals surface area contributed by atoms with E-state index in [1.165, 1.54) is 0 Å². The Morgan fingerprint density at radius 1 is 1.00 bits per heavy atom. The number of esters is 1. The summed E-state index contributed by atoms with van der Waals surface area (Å²) in [7, 11) is 3.22. The molecule has 2 aromatic carbocycles. The second-order valence-electron chi connectivity index (χ2n) is 4.39. The number of carbonyl (C=O) groups is 1. The summed E-state index contributed by atoms with van der Waals surface area (Å²) in [6.45, 7) is 1.76. The summed E-state index contributed by atoms with van der Waals surface area (Å²) in [6, 6.07) is 12.9. The lowest BCUT2D eigenvalue weighted by atomic mass is 10.0. The van der Waals surface area contributed by atoms with Crippen molar-refractivity contribution in [3.63, 3.8) is 0 Å². The van der Waals surface area contributed by atoms with E-state index in [1.807, 2.05) is 30.3 Å². The van der Waals surface area contributed by atoms with Crippen LogP contribution in [-0.4, -0.2) is 20.2 Å². The molecule has 0 radical (unpaired) electrons. The van der Waals surface area contributed by atoms with Gasteiger partial charge in [-0.2, -0.15) is 0 Å². The summed E-state index contributed by atoms with van der Waals surface area (Å²) in [6.07, 6.45) is 0.336. The molecule has 0 spiro atoms. The average Bonchev–Trinajstić information content (AvgIpc) is 2.54. The minimum absolute atomic E-state index is 0.265. The fraction of sp³-hybridized carbons (Fsp3) is 0.235. The van der Waals surface area contributed by atoms with E-state index in [9.17, 15) is 4.79 Å². The number of hydrogen-bond acceptors (Lipinski definition) is 4. The molecular weight excluding hydrogens is 268 g/mol. The molecular formula is C17H18O4. The van der Waals surface area contributed by atoms with Crippen molar-refractivity contribution in [3.05, 3.63) is 42.5 Å². The fourth-order valence-electron chi connectivity index (χ4n) is 2.05. The lowest BCUT2D eigenvalue weighted by molar-refractivity contribution is -0.134. The summed E-state index contributed by atoms with van der Waals surface area (Å²) in [5, 5.41) is 0. The molecule has 0 heterocycles. The number of benzene rings is 2. The molecule has 0 saturated heterocycles. The van der Waals surface area contributed by atoms with E-state index in [4.69, 9.17) is 14.2 Å². The first-order valence-electron chi connectivity index (χ1n) is 6.71. The Hall–Kier alpha value is -2.49. The largest absolute Gasteiger partial charge is 0.496 e. The Bertz CT molecular complexity index is 612. The van der Waals surface area contributed by atoms with Crippen molar-refractivity contribution in [1.29, 1.82) is 0 Å². The van der Waals surface area contributed by atoms with E-state index < -0.39 is 0 Å². The first kappa shape index (κ1) is 14.9. The van der Waals surface area contributed by atoms with Gasteiger partial charge in [-0.25, -0.2) is 0 Å². The van der Waals surface area contributed by atoms with E-state index in [-0.39, 0.29) is 5.97 Å². The van der Waals surface area contributed by atoms with Crippen molar-refractivity contribution >= 4 is 5.97 Å². The van der Waals surface area contributed by atoms with Crippen molar-refractivity contribution in [2.45, 2.75) is 13.3 Å². The fourth-order valence-corrected chi connectivity index (χ4v) is 2.05. The second kappa shape index (κ2) is 6.79. The molecule has 0 aliphatic rings. The number of methoxy groups -OCH3 is 2. The van der Waals surface area contributed by atoms with Gasteiger partial charge < -0.3 is 14.2 Å². The van der Waals surface area contributed by atoms with Crippen molar-refractivity contribution in [1.82, 2.24) is 0 Å². The van der Waals surface area contributed by atoms with Crippen LogP contribution in [0.5, 0.6) is 17.2 Å². The van der Waals surface area contributed by atoms with Crippen LogP contribution in [0.2, 0.25) is 0 Å². The summed E-state index contributed by atoms with van der Waals surface area (Å²) in [5.74, 6) is 1.65. The van der Waals surface area contributed by atoms with Gasteiger partial charge in [0, 0.05) is 6.42 Å². The Labute approximate surface area is 124 Å². The van der Waals surface area contributed by atoms with Crippen LogP contribution in [0.1, 0.15) is 13.3 Å². The molecule has 4 nitrogen and oxygen atoms in total. The molecule has 2 aromatic rings. The van der Waals surface area contributed by atoms with Crippen LogP contribution >= 0.6 is 0 Å². The molecule has 21 heavy (non-hydrogen) atoms. The van der Waals surface area contributed by atoms with Gasteiger partial charge in [0.25, 0.3) is 0 Å². The minimum Gasteiger partial charge on any atom is -0.496 e. The number of ether oxygens (including phenoxy) is 3. The molecule has 0 saturated carbocycles. The van der Waals surface area contributed by atoms with E-state index in [2.05, 4.69) is 0 Å². The molecule has 0 amide bonds.